The van der Waals surface area contributed by atoms with Crippen LogP contribution in [0.15, 0.2) is 11.2 Å². The molecule has 2 fully saturated rings. The Morgan fingerprint density at radius 3 is 2.52 bits per heavy atom. The third-order valence-electron chi connectivity index (χ3n) is 4.92. The molecule has 7 nitrogen and oxygen atoms in total. The fourth-order valence-corrected chi connectivity index (χ4v) is 3.31. The number of carbonyl (C=O) groups excluding carboxylic acids is 1. The molecule has 1 aliphatic heterocycles. The van der Waals surface area contributed by atoms with E-state index in [1.807, 2.05) is 4.90 Å². The van der Waals surface area contributed by atoms with Gasteiger partial charge in [0.25, 0.3) is 0 Å². The number of piperidine rings is 1. The highest BCUT2D eigenvalue weighted by atomic mass is 19.4. The van der Waals surface area contributed by atoms with Crippen LogP contribution >= 0.6 is 0 Å². The van der Waals surface area contributed by atoms with Crippen LogP contribution in [0.1, 0.15) is 36.9 Å². The van der Waals surface area contributed by atoms with Crippen LogP contribution in [0.3, 0.4) is 0 Å². The summed E-state index contributed by atoms with van der Waals surface area (Å²) < 4.78 is 40.2. The highest BCUT2D eigenvalue weighted by Gasteiger charge is 2.37. The second-order valence-electron chi connectivity index (χ2n) is 7.12. The Hall–Kier alpha value is -2.26. The Labute approximate surface area is 156 Å². The smallest absolute Gasteiger partial charge is 0.354 e. The lowest BCUT2D eigenvalue weighted by atomic mass is 10.0. The zero-order chi connectivity index (χ0) is 19.6. The molecule has 0 bridgehead atoms. The van der Waals surface area contributed by atoms with Gasteiger partial charge >= 0.3 is 6.18 Å². The second kappa shape index (κ2) is 7.77. The zero-order valence-electron chi connectivity index (χ0n) is 15.5. The van der Waals surface area contributed by atoms with Crippen LogP contribution < -0.4 is 10.6 Å². The molecule has 150 valence electrons. The van der Waals surface area contributed by atoms with E-state index in [4.69, 9.17) is 0 Å². The molecule has 0 atom stereocenters. The maximum absolute atomic E-state index is 13.0. The quantitative estimate of drug-likeness (QED) is 0.608. The van der Waals surface area contributed by atoms with E-state index in [0.29, 0.717) is 19.0 Å². The predicted molar refractivity (Wildman–Crippen MR) is 93.9 cm³/mol. The van der Waals surface area contributed by atoms with Gasteiger partial charge in [-0.1, -0.05) is 0 Å². The van der Waals surface area contributed by atoms with Gasteiger partial charge < -0.3 is 15.5 Å². The summed E-state index contributed by atoms with van der Waals surface area (Å²) in [4.78, 5) is 18.1. The van der Waals surface area contributed by atoms with E-state index >= 15 is 0 Å². The Balaban J connectivity index is 1.50. The van der Waals surface area contributed by atoms with Gasteiger partial charge in [-0.3, -0.25) is 14.5 Å². The first-order valence-corrected chi connectivity index (χ1v) is 9.13. The first-order valence-electron chi connectivity index (χ1n) is 9.13. The molecular formula is C17H25F3N6O. The molecule has 3 rings (SSSR count). The number of nitrogens with one attached hydrogen (secondary N) is 2. The topological polar surface area (TPSA) is 74.6 Å². The van der Waals surface area contributed by atoms with Crippen LogP contribution in [0.4, 0.5) is 13.2 Å². The van der Waals surface area contributed by atoms with Crippen molar-refractivity contribution in [1.82, 2.24) is 25.3 Å². The van der Waals surface area contributed by atoms with Gasteiger partial charge in [0, 0.05) is 57.4 Å². The molecule has 10 heteroatoms. The molecule has 1 aliphatic carbocycles. The van der Waals surface area contributed by atoms with Crippen LogP contribution in [-0.4, -0.2) is 52.7 Å². The fourth-order valence-electron chi connectivity index (χ4n) is 3.31. The van der Waals surface area contributed by atoms with E-state index < -0.39 is 11.9 Å². The standard InChI is InChI=1S/C17H25F3N6O/c1-21-16(22-9-12-10-25(2)24-14(12)17(18,19)20)23-13-5-7-26(8-6-13)15(27)11-3-4-11/h10-11,13H,3-9H2,1-2H3,(H2,21,22,23). The van der Waals surface area contributed by atoms with Crippen LogP contribution in [0.5, 0.6) is 0 Å². The van der Waals surface area contributed by atoms with Crippen molar-refractivity contribution in [3.8, 4) is 0 Å². The Morgan fingerprint density at radius 1 is 1.30 bits per heavy atom. The lowest BCUT2D eigenvalue weighted by Gasteiger charge is -2.33. The molecule has 1 aromatic heterocycles. The summed E-state index contributed by atoms with van der Waals surface area (Å²) in [6, 6.07) is 0.135. The molecule has 2 N–H and O–H groups in total. The van der Waals surface area contributed by atoms with E-state index in [0.717, 1.165) is 30.4 Å². The molecule has 27 heavy (non-hydrogen) atoms. The number of aryl methyl sites for hydroxylation is 1. The molecule has 2 heterocycles. The number of halogens is 3. The lowest BCUT2D eigenvalue weighted by molar-refractivity contribution is -0.142. The van der Waals surface area contributed by atoms with Crippen LogP contribution in [-0.2, 0) is 24.6 Å². The Morgan fingerprint density at radius 2 is 1.96 bits per heavy atom. The van der Waals surface area contributed by atoms with E-state index in [2.05, 4.69) is 20.7 Å². The maximum Gasteiger partial charge on any atom is 0.435 e. The average molecular weight is 386 g/mol. The summed E-state index contributed by atoms with van der Waals surface area (Å²) in [6.45, 7) is 1.37. The summed E-state index contributed by atoms with van der Waals surface area (Å²) in [7, 11) is 3.04. The number of amides is 1. The van der Waals surface area contributed by atoms with Crippen molar-refractivity contribution in [3.63, 3.8) is 0 Å². The van der Waals surface area contributed by atoms with Gasteiger partial charge in [0.05, 0.1) is 0 Å². The number of carbonyl (C=O) groups is 1. The highest BCUT2D eigenvalue weighted by molar-refractivity contribution is 5.81. The monoisotopic (exact) mass is 386 g/mol. The minimum Gasteiger partial charge on any atom is -0.354 e. The van der Waals surface area contributed by atoms with Crippen molar-refractivity contribution >= 4 is 11.9 Å². The summed E-state index contributed by atoms with van der Waals surface area (Å²) in [5, 5.41) is 9.66. The number of likely N-dealkylation sites (tertiary alicyclic amines) is 1. The van der Waals surface area contributed by atoms with E-state index in [9.17, 15) is 18.0 Å². The van der Waals surface area contributed by atoms with Crippen molar-refractivity contribution in [2.75, 3.05) is 20.1 Å². The van der Waals surface area contributed by atoms with Crippen LogP contribution in [0, 0.1) is 5.92 Å². The molecule has 2 aliphatic rings. The number of alkyl halides is 3. The number of nitrogens with zero attached hydrogens (tertiary/aromatic N) is 4. The molecule has 1 saturated carbocycles. The van der Waals surface area contributed by atoms with Crippen molar-refractivity contribution in [2.45, 2.75) is 44.4 Å². The average Bonchev–Trinajstić information content (AvgIpc) is 3.40. The molecule has 0 unspecified atom stereocenters. The molecular weight excluding hydrogens is 361 g/mol. The number of aliphatic imine (C=N–C) groups is 1. The summed E-state index contributed by atoms with van der Waals surface area (Å²) >= 11 is 0. The van der Waals surface area contributed by atoms with Gasteiger partial charge in [0.2, 0.25) is 5.91 Å². The van der Waals surface area contributed by atoms with Gasteiger partial charge in [-0.15, -0.1) is 0 Å². The predicted octanol–water partition coefficient (Wildman–Crippen LogP) is 1.50. The molecule has 1 amide bonds. The maximum atomic E-state index is 13.0. The first-order chi connectivity index (χ1) is 12.8. The third-order valence-corrected chi connectivity index (χ3v) is 4.92. The minimum atomic E-state index is -4.49. The lowest BCUT2D eigenvalue weighted by Crippen LogP contribution is -2.49. The van der Waals surface area contributed by atoms with Crippen molar-refractivity contribution in [1.29, 1.82) is 0 Å². The second-order valence-corrected chi connectivity index (χ2v) is 7.12. The van der Waals surface area contributed by atoms with E-state index in [1.165, 1.54) is 13.2 Å². The Bertz CT molecular complexity index is 702. The van der Waals surface area contributed by atoms with E-state index in [1.54, 1.807) is 7.05 Å². The molecule has 0 aromatic carbocycles. The summed E-state index contributed by atoms with van der Waals surface area (Å²) in [6.07, 6.45) is 0.449. The van der Waals surface area contributed by atoms with Gasteiger partial charge in [0.15, 0.2) is 11.7 Å². The van der Waals surface area contributed by atoms with E-state index in [-0.39, 0.29) is 30.0 Å². The number of guanidine groups is 1. The largest absolute Gasteiger partial charge is 0.435 e. The van der Waals surface area contributed by atoms with Crippen LogP contribution in [0.2, 0.25) is 0 Å². The van der Waals surface area contributed by atoms with Crippen molar-refractivity contribution < 1.29 is 18.0 Å². The van der Waals surface area contributed by atoms with Crippen molar-refractivity contribution in [3.05, 3.63) is 17.5 Å². The normalized spacial score (nSPS) is 19.3. The minimum absolute atomic E-state index is 0.0264. The molecule has 1 aromatic rings. The van der Waals surface area contributed by atoms with Gasteiger partial charge in [-0.2, -0.15) is 18.3 Å². The van der Waals surface area contributed by atoms with Crippen LogP contribution in [0.25, 0.3) is 0 Å². The van der Waals surface area contributed by atoms with Gasteiger partial charge in [-0.05, 0) is 25.7 Å². The highest BCUT2D eigenvalue weighted by Crippen LogP contribution is 2.32. The number of hydrogen-bond donors (Lipinski definition) is 2. The number of rotatable bonds is 4. The number of aromatic nitrogens is 2. The van der Waals surface area contributed by atoms with Gasteiger partial charge in [0.1, 0.15) is 0 Å². The number of hydrogen-bond acceptors (Lipinski definition) is 3. The summed E-state index contributed by atoms with van der Waals surface area (Å²) in [5.74, 6) is 0.928. The molecule has 1 saturated heterocycles. The van der Waals surface area contributed by atoms with Crippen molar-refractivity contribution in [2.24, 2.45) is 18.0 Å². The SMILES string of the molecule is CN=C(NCc1cn(C)nc1C(F)(F)F)NC1CCN(C(=O)C2CC2)CC1. The molecule has 0 radical (unpaired) electrons. The third kappa shape index (κ3) is 4.92. The fraction of sp³-hybridized carbons (Fsp3) is 0.706. The Kier molecular flexibility index (Phi) is 5.61. The molecule has 0 spiro atoms. The first kappa shape index (κ1) is 19.5. The zero-order valence-corrected chi connectivity index (χ0v) is 15.5. The summed E-state index contributed by atoms with van der Waals surface area (Å²) in [5.41, 5.74) is -0.822. The van der Waals surface area contributed by atoms with Gasteiger partial charge in [-0.25, -0.2) is 0 Å².